The summed E-state index contributed by atoms with van der Waals surface area (Å²) in [6, 6.07) is 29.5. The number of halogens is 1. The molecule has 6 aromatic rings. The van der Waals surface area contributed by atoms with Crippen molar-refractivity contribution in [2.45, 2.75) is 47.6 Å². The molecule has 4 aromatic carbocycles. The zero-order chi connectivity index (χ0) is 43.0. The van der Waals surface area contributed by atoms with Crippen LogP contribution < -0.4 is 21.3 Å². The van der Waals surface area contributed by atoms with Gasteiger partial charge in [-0.3, -0.25) is 0 Å². The average Bonchev–Trinajstić information content (AvgIpc) is 3.25. The highest BCUT2D eigenvalue weighted by Gasteiger charge is 2.12. The summed E-state index contributed by atoms with van der Waals surface area (Å²) in [5.41, 5.74) is 11.6. The van der Waals surface area contributed by atoms with E-state index in [0.717, 1.165) is 56.1 Å². The topological polar surface area (TPSA) is 176 Å². The van der Waals surface area contributed by atoms with Gasteiger partial charge in [0.1, 0.15) is 11.6 Å². The van der Waals surface area contributed by atoms with Crippen LogP contribution in [0.25, 0.3) is 21.8 Å². The van der Waals surface area contributed by atoms with E-state index in [1.165, 1.54) is 12.2 Å². The van der Waals surface area contributed by atoms with Crippen LogP contribution in [0.15, 0.2) is 97.1 Å². The molecule has 2 heterocycles. The summed E-state index contributed by atoms with van der Waals surface area (Å²) in [6.45, 7) is 21.8. The van der Waals surface area contributed by atoms with Crippen molar-refractivity contribution in [2.75, 3.05) is 21.3 Å². The molecular weight excluding hydrogens is 784 g/mol. The highest BCUT2D eigenvalue weighted by molar-refractivity contribution is 6.16. The maximum Gasteiger partial charge on any atom is 0.229 e. The van der Waals surface area contributed by atoms with E-state index < -0.39 is 0 Å². The van der Waals surface area contributed by atoms with E-state index in [1.54, 1.807) is 66.7 Å². The maximum absolute atomic E-state index is 9.60. The molecule has 0 radical (unpaired) electrons. The SMILES string of the molecule is C.[C-]#[N+]c1ccc(Nc2nc(CCl)cc(Nc3c(C)cc(/C=C/C#N)cc3C)n2)cc1.[C-]#[N+]c1ccc(Nc2nc(CO)cc(Nc3c(C)cc(/C=C/C#N)cc3C)n2)cc1.[HH]. The normalized spacial score (nSPS) is 10.3. The lowest BCUT2D eigenvalue weighted by molar-refractivity contribution is 0.277. The molecule has 0 saturated heterocycles. The smallest absolute Gasteiger partial charge is 0.229 e. The van der Waals surface area contributed by atoms with Crippen LogP contribution in [0.3, 0.4) is 0 Å². The fraction of sp³-hybridized carbons (Fsp3) is 0.149. The van der Waals surface area contributed by atoms with E-state index in [0.29, 0.717) is 46.3 Å². The predicted molar refractivity (Wildman–Crippen MR) is 248 cm³/mol. The molecule has 13 nitrogen and oxygen atoms in total. The Hall–Kier alpha value is -8.07. The molecule has 2 aromatic heterocycles. The van der Waals surface area contributed by atoms with Gasteiger partial charge in [-0.15, -0.1) is 11.6 Å². The second kappa shape index (κ2) is 22.2. The van der Waals surface area contributed by atoms with Gasteiger partial charge in [-0.05, 0) is 122 Å². The first-order valence-corrected chi connectivity index (χ1v) is 18.9. The number of nitriles is 2. The minimum atomic E-state index is -0.224. The van der Waals surface area contributed by atoms with Crippen molar-refractivity contribution in [3.05, 3.63) is 165 Å². The van der Waals surface area contributed by atoms with Crippen LogP contribution in [0, 0.1) is 63.5 Å². The number of nitrogens with zero attached hydrogens (tertiary/aromatic N) is 8. The van der Waals surface area contributed by atoms with E-state index in [2.05, 4.69) is 50.9 Å². The fourth-order valence-electron chi connectivity index (χ4n) is 5.99. The number of aromatic nitrogens is 4. The molecule has 0 atom stereocenters. The molecule has 0 unspecified atom stereocenters. The van der Waals surface area contributed by atoms with Gasteiger partial charge in [0.25, 0.3) is 0 Å². The minimum Gasteiger partial charge on any atom is -0.390 e. The van der Waals surface area contributed by atoms with Crippen molar-refractivity contribution in [3.63, 3.8) is 0 Å². The summed E-state index contributed by atoms with van der Waals surface area (Å²) in [5.74, 6) is 2.16. The molecule has 0 aliphatic heterocycles. The number of benzene rings is 4. The lowest BCUT2D eigenvalue weighted by Crippen LogP contribution is -2.05. The number of nitrogens with one attached hydrogen (secondary N) is 4. The number of anilines is 8. The Morgan fingerprint density at radius 2 is 1.00 bits per heavy atom. The Morgan fingerprint density at radius 3 is 1.34 bits per heavy atom. The minimum absolute atomic E-state index is 0. The number of aliphatic hydroxyl groups excluding tert-OH is 1. The monoisotopic (exact) mass is 828 g/mol. The Balaban J connectivity index is 0.000000320. The summed E-state index contributed by atoms with van der Waals surface area (Å²) in [4.78, 5) is 24.6. The van der Waals surface area contributed by atoms with Crippen LogP contribution in [0.5, 0.6) is 0 Å². The van der Waals surface area contributed by atoms with E-state index in [1.807, 2.05) is 70.2 Å². The zero-order valence-electron chi connectivity index (χ0n) is 33.2. The number of alkyl halides is 1. The predicted octanol–water partition coefficient (Wildman–Crippen LogP) is 12.4. The van der Waals surface area contributed by atoms with Crippen molar-refractivity contribution < 1.29 is 6.53 Å². The molecule has 0 aliphatic carbocycles. The summed E-state index contributed by atoms with van der Waals surface area (Å²) >= 11 is 6.04. The first kappa shape index (κ1) is 45.6. The number of allylic oxidation sites excluding steroid dienone is 2. The van der Waals surface area contributed by atoms with Gasteiger partial charge in [0.15, 0.2) is 11.4 Å². The molecular formula is C47H45ClN12O. The van der Waals surface area contributed by atoms with Crippen molar-refractivity contribution >= 4 is 81.4 Å². The van der Waals surface area contributed by atoms with Crippen LogP contribution in [0.2, 0.25) is 0 Å². The Labute approximate surface area is 362 Å². The third kappa shape index (κ3) is 13.0. The van der Waals surface area contributed by atoms with Gasteiger partial charge in [0, 0.05) is 48.5 Å². The van der Waals surface area contributed by atoms with Crippen LogP contribution in [-0.4, -0.2) is 25.0 Å². The zero-order valence-corrected chi connectivity index (χ0v) is 34.0. The third-order valence-corrected chi connectivity index (χ3v) is 8.95. The fourth-order valence-corrected chi connectivity index (χ4v) is 6.12. The lowest BCUT2D eigenvalue weighted by Gasteiger charge is -2.15. The molecule has 0 amide bonds. The quantitative estimate of drug-likeness (QED) is 0.0451. The highest BCUT2D eigenvalue weighted by atomic mass is 35.5. The third-order valence-electron chi connectivity index (χ3n) is 8.68. The first-order chi connectivity index (χ1) is 29.0. The van der Waals surface area contributed by atoms with E-state index in [-0.39, 0.29) is 21.3 Å². The van der Waals surface area contributed by atoms with Gasteiger partial charge >= 0.3 is 0 Å². The largest absolute Gasteiger partial charge is 0.390 e. The molecule has 6 rings (SSSR count). The van der Waals surface area contributed by atoms with Gasteiger partial charge in [-0.25, -0.2) is 19.7 Å². The van der Waals surface area contributed by atoms with Crippen LogP contribution in [0.4, 0.5) is 57.7 Å². The second-order valence-corrected chi connectivity index (χ2v) is 13.5. The van der Waals surface area contributed by atoms with E-state index in [9.17, 15) is 5.11 Å². The highest BCUT2D eigenvalue weighted by Crippen LogP contribution is 2.29. The molecule has 61 heavy (non-hydrogen) atoms. The van der Waals surface area contributed by atoms with Crippen molar-refractivity contribution in [1.29, 1.82) is 10.5 Å². The summed E-state index contributed by atoms with van der Waals surface area (Å²) in [6.07, 6.45) is 6.45. The molecule has 0 aliphatic rings. The maximum atomic E-state index is 9.60. The molecule has 0 spiro atoms. The molecule has 14 heteroatoms. The number of hydrogen-bond donors (Lipinski definition) is 5. The number of hydrogen-bond acceptors (Lipinski definition) is 11. The Kier molecular flexibility index (Phi) is 16.6. The molecule has 5 N–H and O–H groups in total. The number of aryl methyl sites for hydroxylation is 4. The van der Waals surface area contributed by atoms with Crippen LogP contribution in [0.1, 0.15) is 53.6 Å². The van der Waals surface area contributed by atoms with Crippen LogP contribution in [-0.2, 0) is 12.5 Å². The van der Waals surface area contributed by atoms with Crippen molar-refractivity contribution in [3.8, 4) is 12.1 Å². The van der Waals surface area contributed by atoms with Crippen LogP contribution >= 0.6 is 11.6 Å². The average molecular weight is 829 g/mol. The van der Waals surface area contributed by atoms with E-state index >= 15 is 0 Å². The Morgan fingerprint density at radius 1 is 0.623 bits per heavy atom. The summed E-state index contributed by atoms with van der Waals surface area (Å²) in [5, 5.41) is 40.0. The molecule has 0 saturated carbocycles. The van der Waals surface area contributed by atoms with Gasteiger partial charge in [0.05, 0.1) is 49.2 Å². The van der Waals surface area contributed by atoms with Crippen molar-refractivity contribution in [1.82, 2.24) is 19.9 Å². The lowest BCUT2D eigenvalue weighted by atomic mass is 10.0. The van der Waals surface area contributed by atoms with Gasteiger partial charge < -0.3 is 26.4 Å². The second-order valence-electron chi connectivity index (χ2n) is 13.2. The first-order valence-electron chi connectivity index (χ1n) is 18.3. The summed E-state index contributed by atoms with van der Waals surface area (Å²) < 4.78 is 0. The van der Waals surface area contributed by atoms with Gasteiger partial charge in [-0.2, -0.15) is 20.5 Å². The number of aliphatic hydroxyl groups is 1. The standard InChI is InChI=1S/C23H19ClN6.C23H20N6O.CH4.H2/c1-15-11-17(5-4-10-25)12-16(2)22(15)29-21-13-20(14-24)28-23(30-21)27-19-8-6-18(26-3)7-9-19;1-15-11-17(5-4-10-24)12-16(2)22(15)28-21-13-20(14-30)27-23(29-21)26-19-8-6-18(25-3)7-9-19;;/h4-9,11-13H,14H2,1-2H3,(H2,27,28,29,30);4-9,11-13,30H,14H2,1-2H3,(H2,26,27,28,29);1H4;1H/b2*5-4+;;. The molecule has 306 valence electrons. The Bertz CT molecular complexity index is 2490. The van der Waals surface area contributed by atoms with Gasteiger partial charge in [-0.1, -0.05) is 31.7 Å². The summed E-state index contributed by atoms with van der Waals surface area (Å²) in [7, 11) is 0. The molecule has 0 fully saturated rings. The van der Waals surface area contributed by atoms with E-state index in [4.69, 9.17) is 35.3 Å². The van der Waals surface area contributed by atoms with Crippen molar-refractivity contribution in [2.24, 2.45) is 0 Å². The molecule has 0 bridgehead atoms. The van der Waals surface area contributed by atoms with Gasteiger partial charge in [0.2, 0.25) is 11.9 Å². The number of rotatable bonds is 12.